The standard InChI is InChI=1S/C18H17F2NO3/c1-10-7-14(11(2)21(10)13-4-5-13)18(23)24-9-17(22)12-3-6-15(19)16(20)8-12/h3,6-8,13H,4-5,9H2,1-2H3. The van der Waals surface area contributed by atoms with Gasteiger partial charge in [-0.15, -0.1) is 0 Å². The summed E-state index contributed by atoms with van der Waals surface area (Å²) >= 11 is 0. The van der Waals surface area contributed by atoms with E-state index in [1.54, 1.807) is 6.07 Å². The Bertz CT molecular complexity index is 822. The number of hydrogen-bond acceptors (Lipinski definition) is 3. The van der Waals surface area contributed by atoms with Crippen molar-refractivity contribution in [1.29, 1.82) is 0 Å². The first-order chi connectivity index (χ1) is 11.4. The van der Waals surface area contributed by atoms with Gasteiger partial charge in [-0.25, -0.2) is 13.6 Å². The Balaban J connectivity index is 1.68. The van der Waals surface area contributed by atoms with Crippen molar-refractivity contribution in [3.8, 4) is 0 Å². The van der Waals surface area contributed by atoms with Gasteiger partial charge in [-0.2, -0.15) is 0 Å². The first-order valence-electron chi connectivity index (χ1n) is 7.72. The van der Waals surface area contributed by atoms with E-state index in [4.69, 9.17) is 4.74 Å². The van der Waals surface area contributed by atoms with E-state index < -0.39 is 30.0 Å². The average Bonchev–Trinajstić information content (AvgIpc) is 3.32. The van der Waals surface area contributed by atoms with Gasteiger partial charge in [-0.1, -0.05) is 0 Å². The summed E-state index contributed by atoms with van der Waals surface area (Å²) in [6.07, 6.45) is 2.19. The van der Waals surface area contributed by atoms with Gasteiger partial charge in [0.25, 0.3) is 0 Å². The van der Waals surface area contributed by atoms with Crippen LogP contribution in [0.5, 0.6) is 0 Å². The van der Waals surface area contributed by atoms with Crippen LogP contribution < -0.4 is 0 Å². The number of esters is 1. The number of ether oxygens (including phenoxy) is 1. The Morgan fingerprint density at radius 3 is 2.50 bits per heavy atom. The highest BCUT2D eigenvalue weighted by atomic mass is 19.2. The summed E-state index contributed by atoms with van der Waals surface area (Å²) in [6, 6.07) is 5.01. The van der Waals surface area contributed by atoms with Crippen LogP contribution in [0.15, 0.2) is 24.3 Å². The van der Waals surface area contributed by atoms with Crippen LogP contribution in [0.1, 0.15) is 51.0 Å². The Labute approximate surface area is 138 Å². The van der Waals surface area contributed by atoms with E-state index in [1.807, 2.05) is 13.8 Å². The van der Waals surface area contributed by atoms with Gasteiger partial charge in [-0.3, -0.25) is 4.79 Å². The van der Waals surface area contributed by atoms with E-state index in [1.165, 1.54) is 0 Å². The fraction of sp³-hybridized carbons (Fsp3) is 0.333. The van der Waals surface area contributed by atoms with Gasteiger partial charge in [-0.05, 0) is 51.0 Å². The summed E-state index contributed by atoms with van der Waals surface area (Å²) in [6.45, 7) is 3.25. The zero-order valence-electron chi connectivity index (χ0n) is 13.4. The van der Waals surface area contributed by atoms with E-state index in [-0.39, 0.29) is 5.56 Å². The summed E-state index contributed by atoms with van der Waals surface area (Å²) in [5, 5.41) is 0. The third-order valence-corrected chi connectivity index (χ3v) is 4.19. The number of Topliss-reactive ketones (excluding diaryl/α,β-unsaturated/α-hetero) is 1. The molecule has 24 heavy (non-hydrogen) atoms. The lowest BCUT2D eigenvalue weighted by atomic mass is 10.1. The molecule has 1 aliphatic carbocycles. The molecule has 0 amide bonds. The van der Waals surface area contributed by atoms with Crippen molar-refractivity contribution >= 4 is 11.8 Å². The molecule has 1 aliphatic rings. The second kappa shape index (κ2) is 6.19. The second-order valence-electron chi connectivity index (χ2n) is 6.01. The maximum Gasteiger partial charge on any atom is 0.340 e. The summed E-state index contributed by atoms with van der Waals surface area (Å²) in [4.78, 5) is 24.2. The van der Waals surface area contributed by atoms with Gasteiger partial charge in [0.2, 0.25) is 0 Å². The molecule has 126 valence electrons. The van der Waals surface area contributed by atoms with Crippen molar-refractivity contribution < 1.29 is 23.1 Å². The van der Waals surface area contributed by atoms with Gasteiger partial charge < -0.3 is 9.30 Å². The molecule has 0 radical (unpaired) electrons. The molecular weight excluding hydrogens is 316 g/mol. The Hall–Kier alpha value is -2.50. The molecule has 0 N–H and O–H groups in total. The van der Waals surface area contributed by atoms with Gasteiger partial charge in [0.15, 0.2) is 24.0 Å². The highest BCUT2D eigenvalue weighted by Gasteiger charge is 2.28. The predicted octanol–water partition coefficient (Wildman–Crippen LogP) is 3.76. The van der Waals surface area contributed by atoms with Gasteiger partial charge in [0, 0.05) is 23.0 Å². The van der Waals surface area contributed by atoms with Crippen molar-refractivity contribution in [2.75, 3.05) is 6.61 Å². The summed E-state index contributed by atoms with van der Waals surface area (Å²) in [5.41, 5.74) is 2.19. The van der Waals surface area contributed by atoms with Gasteiger partial charge in [0.1, 0.15) is 0 Å². The lowest BCUT2D eigenvalue weighted by molar-refractivity contribution is 0.0474. The summed E-state index contributed by atoms with van der Waals surface area (Å²) in [7, 11) is 0. The fourth-order valence-corrected chi connectivity index (χ4v) is 2.84. The predicted molar refractivity (Wildman–Crippen MR) is 83.1 cm³/mol. The Morgan fingerprint density at radius 1 is 1.17 bits per heavy atom. The highest BCUT2D eigenvalue weighted by Crippen LogP contribution is 2.38. The number of rotatable bonds is 5. The zero-order valence-corrected chi connectivity index (χ0v) is 13.4. The van der Waals surface area contributed by atoms with Crippen molar-refractivity contribution in [1.82, 2.24) is 4.57 Å². The minimum atomic E-state index is -1.11. The third kappa shape index (κ3) is 3.09. The molecule has 1 aromatic carbocycles. The fourth-order valence-electron chi connectivity index (χ4n) is 2.84. The normalized spacial score (nSPS) is 13.8. The highest BCUT2D eigenvalue weighted by molar-refractivity contribution is 5.99. The van der Waals surface area contributed by atoms with Gasteiger partial charge in [0.05, 0.1) is 5.56 Å². The maximum atomic E-state index is 13.1. The van der Waals surface area contributed by atoms with E-state index in [2.05, 4.69) is 4.57 Å². The van der Waals surface area contributed by atoms with Crippen LogP contribution in [0.2, 0.25) is 0 Å². The number of aromatic nitrogens is 1. The third-order valence-electron chi connectivity index (χ3n) is 4.19. The van der Waals surface area contributed by atoms with Crippen LogP contribution in [0.3, 0.4) is 0 Å². The Morgan fingerprint density at radius 2 is 1.88 bits per heavy atom. The van der Waals surface area contributed by atoms with E-state index in [0.717, 1.165) is 42.4 Å². The molecule has 0 aliphatic heterocycles. The van der Waals surface area contributed by atoms with E-state index >= 15 is 0 Å². The molecule has 4 nitrogen and oxygen atoms in total. The number of aryl methyl sites for hydroxylation is 1. The first-order valence-corrected chi connectivity index (χ1v) is 7.72. The van der Waals surface area contributed by atoms with Crippen LogP contribution in [0, 0.1) is 25.5 Å². The SMILES string of the molecule is Cc1cc(C(=O)OCC(=O)c2ccc(F)c(F)c2)c(C)n1C1CC1. The Kier molecular flexibility index (Phi) is 4.22. The van der Waals surface area contributed by atoms with Crippen LogP contribution in [-0.2, 0) is 4.74 Å². The second-order valence-corrected chi connectivity index (χ2v) is 6.01. The lowest BCUT2D eigenvalue weighted by Crippen LogP contribution is -2.15. The van der Waals surface area contributed by atoms with E-state index in [9.17, 15) is 18.4 Å². The molecule has 0 spiro atoms. The first kappa shape index (κ1) is 16.4. The molecule has 6 heteroatoms. The van der Waals surface area contributed by atoms with Gasteiger partial charge >= 0.3 is 5.97 Å². The smallest absolute Gasteiger partial charge is 0.340 e. The lowest BCUT2D eigenvalue weighted by Gasteiger charge is -2.08. The molecule has 1 aromatic heterocycles. The summed E-state index contributed by atoms with van der Waals surface area (Å²) in [5.74, 6) is -3.32. The molecule has 1 saturated carbocycles. The maximum absolute atomic E-state index is 13.1. The van der Waals surface area contributed by atoms with E-state index in [0.29, 0.717) is 11.6 Å². The molecule has 1 fully saturated rings. The van der Waals surface area contributed by atoms with Crippen LogP contribution in [0.25, 0.3) is 0 Å². The zero-order chi connectivity index (χ0) is 17.4. The quantitative estimate of drug-likeness (QED) is 0.618. The molecular formula is C18H17F2NO3. The number of benzene rings is 1. The number of ketones is 1. The molecule has 1 heterocycles. The molecule has 0 bridgehead atoms. The van der Waals surface area contributed by atoms with Crippen LogP contribution >= 0.6 is 0 Å². The monoisotopic (exact) mass is 333 g/mol. The molecule has 0 saturated heterocycles. The minimum Gasteiger partial charge on any atom is -0.454 e. The largest absolute Gasteiger partial charge is 0.454 e. The molecule has 2 aromatic rings. The van der Waals surface area contributed by atoms with Crippen molar-refractivity contribution in [3.05, 3.63) is 58.4 Å². The van der Waals surface area contributed by atoms with Crippen LogP contribution in [0.4, 0.5) is 8.78 Å². The summed E-state index contributed by atoms with van der Waals surface area (Å²) < 4.78 is 33.2. The number of carbonyl (C=O) groups excluding carboxylic acids is 2. The van der Waals surface area contributed by atoms with Crippen molar-refractivity contribution in [3.63, 3.8) is 0 Å². The number of hydrogen-bond donors (Lipinski definition) is 0. The average molecular weight is 333 g/mol. The molecule has 0 unspecified atom stereocenters. The van der Waals surface area contributed by atoms with Crippen LogP contribution in [-0.4, -0.2) is 22.9 Å². The van der Waals surface area contributed by atoms with Crippen molar-refractivity contribution in [2.45, 2.75) is 32.7 Å². The number of carbonyl (C=O) groups is 2. The molecule has 0 atom stereocenters. The molecule has 3 rings (SSSR count). The minimum absolute atomic E-state index is 0.0369. The number of halogens is 2. The van der Waals surface area contributed by atoms with Crippen molar-refractivity contribution in [2.24, 2.45) is 0 Å². The topological polar surface area (TPSA) is 48.3 Å². The number of nitrogens with zero attached hydrogens (tertiary/aromatic N) is 1.